The molecule has 1 aromatic rings. The summed E-state index contributed by atoms with van der Waals surface area (Å²) in [5.74, 6) is 0.416. The Morgan fingerprint density at radius 3 is 2.84 bits per heavy atom. The lowest BCUT2D eigenvalue weighted by Crippen LogP contribution is -2.45. The van der Waals surface area contributed by atoms with Crippen LogP contribution in [0, 0.1) is 0 Å². The first-order valence-electron chi connectivity index (χ1n) is 8.09. The van der Waals surface area contributed by atoms with Gasteiger partial charge in [-0.2, -0.15) is 0 Å². The van der Waals surface area contributed by atoms with Gasteiger partial charge in [0.1, 0.15) is 11.6 Å². The molecule has 0 unspecified atom stereocenters. The number of anilines is 1. The van der Waals surface area contributed by atoms with Crippen LogP contribution < -0.4 is 27.1 Å². The summed E-state index contributed by atoms with van der Waals surface area (Å²) < 4.78 is 5.23. The molecule has 2 heterocycles. The lowest BCUT2D eigenvalue weighted by Gasteiger charge is -2.22. The number of hydrogen-bond acceptors (Lipinski definition) is 7. The van der Waals surface area contributed by atoms with Crippen LogP contribution in [0.25, 0.3) is 0 Å². The average Bonchev–Trinajstić information content (AvgIpc) is 3.00. The Morgan fingerprint density at radius 1 is 1.36 bits per heavy atom. The number of rotatable bonds is 2. The minimum Gasteiger partial charge on any atom is -0.444 e. The molecule has 0 aliphatic carbocycles. The Morgan fingerprint density at radius 2 is 2.16 bits per heavy atom. The average molecular weight is 346 g/mol. The van der Waals surface area contributed by atoms with Crippen molar-refractivity contribution in [3.05, 3.63) is 29.3 Å². The number of ether oxygens (including phenoxy) is 1. The largest absolute Gasteiger partial charge is 0.444 e. The van der Waals surface area contributed by atoms with Gasteiger partial charge in [0.15, 0.2) is 5.84 Å². The minimum absolute atomic E-state index is 0.253. The van der Waals surface area contributed by atoms with Crippen LogP contribution in [0.3, 0.4) is 0 Å². The predicted molar refractivity (Wildman–Crippen MR) is 92.5 cm³/mol. The summed E-state index contributed by atoms with van der Waals surface area (Å²) in [5, 5.41) is 9.56. The fraction of sp³-hybridized carbons (Fsp3) is 0.438. The van der Waals surface area contributed by atoms with Crippen molar-refractivity contribution in [2.24, 2.45) is 5.10 Å². The zero-order chi connectivity index (χ0) is 18.0. The number of amidine groups is 1. The molecule has 0 bridgehead atoms. The molecule has 134 valence electrons. The molecule has 3 rings (SSSR count). The van der Waals surface area contributed by atoms with E-state index >= 15 is 0 Å². The lowest BCUT2D eigenvalue weighted by molar-refractivity contribution is -0.118. The molecule has 0 saturated carbocycles. The third-order valence-electron chi connectivity index (χ3n) is 3.75. The Balaban J connectivity index is 1.70. The van der Waals surface area contributed by atoms with Crippen molar-refractivity contribution >= 4 is 23.5 Å². The Hall–Kier alpha value is -2.81. The number of hydrazine groups is 2. The lowest BCUT2D eigenvalue weighted by atomic mass is 10.0. The number of benzene rings is 1. The van der Waals surface area contributed by atoms with Crippen molar-refractivity contribution < 1.29 is 14.3 Å². The zero-order valence-corrected chi connectivity index (χ0v) is 14.4. The van der Waals surface area contributed by atoms with Crippen LogP contribution >= 0.6 is 0 Å². The van der Waals surface area contributed by atoms with E-state index in [1.165, 1.54) is 0 Å². The van der Waals surface area contributed by atoms with E-state index in [1.54, 1.807) is 20.8 Å². The van der Waals surface area contributed by atoms with Gasteiger partial charge in [-0.05, 0) is 57.4 Å². The van der Waals surface area contributed by atoms with Gasteiger partial charge in [-0.25, -0.2) is 10.3 Å². The van der Waals surface area contributed by atoms with E-state index in [0.717, 1.165) is 16.8 Å². The van der Waals surface area contributed by atoms with Gasteiger partial charge in [-0.15, -0.1) is 10.6 Å². The van der Waals surface area contributed by atoms with Crippen molar-refractivity contribution in [2.45, 2.75) is 45.3 Å². The first kappa shape index (κ1) is 17.0. The van der Waals surface area contributed by atoms with Crippen molar-refractivity contribution in [2.75, 3.05) is 5.32 Å². The normalized spacial score (nSPS) is 19.6. The van der Waals surface area contributed by atoms with Crippen LogP contribution in [0.4, 0.5) is 10.5 Å². The first-order chi connectivity index (χ1) is 11.8. The van der Waals surface area contributed by atoms with Gasteiger partial charge in [0, 0.05) is 11.3 Å². The highest BCUT2D eigenvalue weighted by Crippen LogP contribution is 2.24. The number of carbonyl (C=O) groups is 2. The molecule has 0 fully saturated rings. The molecule has 1 aromatic carbocycles. The predicted octanol–water partition coefficient (Wildman–Crippen LogP) is 0.739. The van der Waals surface area contributed by atoms with E-state index in [9.17, 15) is 9.59 Å². The van der Waals surface area contributed by atoms with Crippen molar-refractivity contribution in [3.8, 4) is 0 Å². The van der Waals surface area contributed by atoms with Crippen molar-refractivity contribution in [1.29, 1.82) is 0 Å². The summed E-state index contributed by atoms with van der Waals surface area (Å²) in [6, 6.07) is 5.02. The van der Waals surface area contributed by atoms with Crippen LogP contribution in [0.5, 0.6) is 0 Å². The van der Waals surface area contributed by atoms with Crippen LogP contribution in [0.2, 0.25) is 0 Å². The Labute approximate surface area is 145 Å². The molecule has 0 spiro atoms. The Kier molecular flexibility index (Phi) is 4.49. The topological polar surface area (TPSA) is 116 Å². The monoisotopic (exact) mass is 346 g/mol. The molecule has 2 aliphatic rings. The van der Waals surface area contributed by atoms with Gasteiger partial charge in [-0.1, -0.05) is 0 Å². The van der Waals surface area contributed by atoms with Crippen molar-refractivity contribution in [3.63, 3.8) is 0 Å². The molecule has 1 atom stereocenters. The highest BCUT2D eigenvalue weighted by Gasteiger charge is 2.27. The summed E-state index contributed by atoms with van der Waals surface area (Å²) in [7, 11) is 0. The first-order valence-corrected chi connectivity index (χ1v) is 8.09. The maximum absolute atomic E-state index is 12.4. The minimum atomic E-state index is -0.643. The second-order valence-corrected chi connectivity index (χ2v) is 6.92. The van der Waals surface area contributed by atoms with Crippen LogP contribution in [0.15, 0.2) is 23.3 Å². The molecule has 2 amide bonds. The SMILES string of the molecule is CC(C)(C)OC(=O)N[C@H]1CCc2cc(C3=NNNN3)ccc2NC1=O. The zero-order valence-electron chi connectivity index (χ0n) is 14.4. The molecule has 0 aromatic heterocycles. The van der Waals surface area contributed by atoms with Gasteiger partial charge in [0.2, 0.25) is 5.91 Å². The highest BCUT2D eigenvalue weighted by molar-refractivity contribution is 6.01. The molecule has 2 aliphatic heterocycles. The molecule has 0 saturated heterocycles. The van der Waals surface area contributed by atoms with Gasteiger partial charge in [0.25, 0.3) is 0 Å². The summed E-state index contributed by atoms with van der Waals surface area (Å²) >= 11 is 0. The summed E-state index contributed by atoms with van der Waals surface area (Å²) in [5.41, 5.74) is 10.2. The number of aryl methyl sites for hydroxylation is 1. The summed E-state index contributed by atoms with van der Waals surface area (Å²) in [6.45, 7) is 5.34. The van der Waals surface area contributed by atoms with E-state index in [0.29, 0.717) is 18.7 Å². The standard InChI is InChI=1S/C16H22N6O3/c1-16(2,3)25-15(24)18-12-7-4-9-8-10(13-19-21-22-20-13)5-6-11(9)17-14(12)23/h5-6,8,12,21-22H,4,7H2,1-3H3,(H,17,23)(H,18,24)(H,19,20)/t12-/m0/s1. The molecule has 9 heteroatoms. The van der Waals surface area contributed by atoms with E-state index in [-0.39, 0.29) is 5.91 Å². The molecular formula is C16H22N6O3. The smallest absolute Gasteiger partial charge is 0.408 e. The molecule has 9 nitrogen and oxygen atoms in total. The fourth-order valence-corrected chi connectivity index (χ4v) is 2.64. The molecule has 25 heavy (non-hydrogen) atoms. The maximum Gasteiger partial charge on any atom is 0.408 e. The van der Waals surface area contributed by atoms with Gasteiger partial charge < -0.3 is 15.4 Å². The second-order valence-electron chi connectivity index (χ2n) is 6.92. The van der Waals surface area contributed by atoms with E-state index in [4.69, 9.17) is 4.74 Å². The molecule has 0 radical (unpaired) electrons. The van der Waals surface area contributed by atoms with Crippen molar-refractivity contribution in [1.82, 2.24) is 21.8 Å². The van der Waals surface area contributed by atoms with Gasteiger partial charge >= 0.3 is 6.09 Å². The number of hydrogen-bond donors (Lipinski definition) is 5. The molecular weight excluding hydrogens is 324 g/mol. The number of fused-ring (bicyclic) bond motifs is 1. The van der Waals surface area contributed by atoms with Crippen LogP contribution in [-0.4, -0.2) is 29.5 Å². The highest BCUT2D eigenvalue weighted by atomic mass is 16.6. The van der Waals surface area contributed by atoms with Gasteiger partial charge in [0.05, 0.1) is 0 Å². The molecule has 5 N–H and O–H groups in total. The van der Waals surface area contributed by atoms with E-state index in [1.807, 2.05) is 18.2 Å². The quantitative estimate of drug-likeness (QED) is 0.539. The van der Waals surface area contributed by atoms with Crippen LogP contribution in [0.1, 0.15) is 38.3 Å². The number of nitrogens with zero attached hydrogens (tertiary/aromatic N) is 1. The third kappa shape index (κ3) is 4.18. The van der Waals surface area contributed by atoms with E-state index in [2.05, 4.69) is 32.2 Å². The number of amides is 2. The maximum atomic E-state index is 12.4. The summed E-state index contributed by atoms with van der Waals surface area (Å²) in [6.07, 6.45) is 0.523. The number of nitrogens with one attached hydrogen (secondary N) is 5. The van der Waals surface area contributed by atoms with Crippen LogP contribution in [-0.2, 0) is 16.0 Å². The summed E-state index contributed by atoms with van der Waals surface area (Å²) in [4.78, 5) is 24.3. The van der Waals surface area contributed by atoms with Gasteiger partial charge in [-0.3, -0.25) is 10.2 Å². The fourth-order valence-electron chi connectivity index (χ4n) is 2.64. The van der Waals surface area contributed by atoms with E-state index < -0.39 is 17.7 Å². The number of hydrazone groups is 1. The third-order valence-corrected chi connectivity index (χ3v) is 3.75. The number of alkyl carbamates (subject to hydrolysis) is 1. The second kappa shape index (κ2) is 6.60. The number of carbonyl (C=O) groups excluding carboxylic acids is 2. The Bertz CT molecular complexity index is 725.